The number of benzene rings is 1. The van der Waals surface area contributed by atoms with Gasteiger partial charge in [0.1, 0.15) is 0 Å². The second-order valence-electron chi connectivity index (χ2n) is 2.84. The zero-order valence-corrected chi connectivity index (χ0v) is 8.50. The zero-order valence-electron chi connectivity index (χ0n) is 6.92. The lowest BCUT2D eigenvalue weighted by molar-refractivity contribution is 0.928. The highest BCUT2D eigenvalue weighted by Crippen LogP contribution is 2.30. The van der Waals surface area contributed by atoms with Gasteiger partial charge in [0.2, 0.25) is 0 Å². The van der Waals surface area contributed by atoms with Crippen molar-refractivity contribution in [2.24, 2.45) is 0 Å². The predicted octanol–water partition coefficient (Wildman–Crippen LogP) is 2.16. The summed E-state index contributed by atoms with van der Waals surface area (Å²) in [5, 5.41) is 12.1. The average Bonchev–Trinajstić information content (AvgIpc) is 2.16. The number of anilines is 2. The van der Waals surface area contributed by atoms with Crippen LogP contribution in [0.3, 0.4) is 0 Å². The van der Waals surface area contributed by atoms with Crippen LogP contribution < -0.4 is 10.2 Å². The molecule has 66 valence electrons. The van der Waals surface area contributed by atoms with Gasteiger partial charge in [-0.2, -0.15) is 5.26 Å². The third-order valence-electron chi connectivity index (χ3n) is 2.02. The normalized spacial score (nSPS) is 14.3. The van der Waals surface area contributed by atoms with E-state index in [0.29, 0.717) is 0 Å². The minimum atomic E-state index is 0.741. The van der Waals surface area contributed by atoms with Gasteiger partial charge in [0, 0.05) is 11.0 Å². The number of hydrogen-bond donors (Lipinski definition) is 1. The van der Waals surface area contributed by atoms with Gasteiger partial charge < -0.3 is 5.32 Å². The molecule has 13 heavy (non-hydrogen) atoms. The maximum Gasteiger partial charge on any atom is 0.184 e. The highest BCUT2D eigenvalue weighted by atomic mass is 79.9. The molecular formula is C9H8BrN3. The third kappa shape index (κ3) is 1.47. The Kier molecular flexibility index (Phi) is 2.11. The molecule has 0 saturated carbocycles. The number of nitrogens with zero attached hydrogens (tertiary/aromatic N) is 2. The Morgan fingerprint density at radius 3 is 3.15 bits per heavy atom. The second-order valence-corrected chi connectivity index (χ2v) is 3.76. The van der Waals surface area contributed by atoms with Gasteiger partial charge in [-0.15, -0.1) is 0 Å². The molecule has 1 aromatic rings. The quantitative estimate of drug-likeness (QED) is 0.704. The number of halogens is 1. The van der Waals surface area contributed by atoms with Gasteiger partial charge in [-0.1, -0.05) is 15.9 Å². The second kappa shape index (κ2) is 3.27. The van der Waals surface area contributed by atoms with E-state index in [0.717, 1.165) is 28.9 Å². The molecule has 0 saturated heterocycles. The SMILES string of the molecule is N#CN1CCNc2cc(Br)ccc21. The van der Waals surface area contributed by atoms with Crippen molar-refractivity contribution in [3.63, 3.8) is 0 Å². The standard InChI is InChI=1S/C9H8BrN3/c10-7-1-2-9-8(5-7)12-3-4-13(9)6-11/h1-2,5,12H,3-4H2. The van der Waals surface area contributed by atoms with E-state index in [1.54, 1.807) is 4.90 Å². The van der Waals surface area contributed by atoms with E-state index in [4.69, 9.17) is 5.26 Å². The maximum absolute atomic E-state index is 8.84. The summed E-state index contributed by atoms with van der Waals surface area (Å²) in [5.74, 6) is 0. The molecule has 0 atom stereocenters. The highest BCUT2D eigenvalue weighted by Gasteiger charge is 2.15. The van der Waals surface area contributed by atoms with E-state index in [1.807, 2.05) is 18.2 Å². The molecule has 0 spiro atoms. The van der Waals surface area contributed by atoms with E-state index in [2.05, 4.69) is 27.4 Å². The van der Waals surface area contributed by atoms with E-state index >= 15 is 0 Å². The summed E-state index contributed by atoms with van der Waals surface area (Å²) in [6.45, 7) is 1.56. The Morgan fingerprint density at radius 2 is 2.38 bits per heavy atom. The largest absolute Gasteiger partial charge is 0.381 e. The van der Waals surface area contributed by atoms with Crippen LogP contribution >= 0.6 is 15.9 Å². The predicted molar refractivity (Wildman–Crippen MR) is 55.6 cm³/mol. The van der Waals surface area contributed by atoms with Gasteiger partial charge in [0.15, 0.2) is 6.19 Å². The Labute approximate surface area is 85.1 Å². The van der Waals surface area contributed by atoms with Crippen molar-refractivity contribution >= 4 is 27.3 Å². The topological polar surface area (TPSA) is 39.1 Å². The summed E-state index contributed by atoms with van der Waals surface area (Å²) in [7, 11) is 0. The summed E-state index contributed by atoms with van der Waals surface area (Å²) in [6, 6.07) is 5.86. The van der Waals surface area contributed by atoms with E-state index in [-0.39, 0.29) is 0 Å². The van der Waals surface area contributed by atoms with E-state index < -0.39 is 0 Å². The van der Waals surface area contributed by atoms with Gasteiger partial charge in [-0.25, -0.2) is 0 Å². The fraction of sp³-hybridized carbons (Fsp3) is 0.222. The smallest absolute Gasteiger partial charge is 0.184 e. The Bertz CT molecular complexity index is 370. The molecule has 0 bridgehead atoms. The number of hydrogen-bond acceptors (Lipinski definition) is 3. The molecular weight excluding hydrogens is 230 g/mol. The zero-order chi connectivity index (χ0) is 9.26. The lowest BCUT2D eigenvalue weighted by Crippen LogP contribution is -2.29. The first-order valence-electron chi connectivity index (χ1n) is 4.02. The number of rotatable bonds is 0. The van der Waals surface area contributed by atoms with Gasteiger partial charge in [-0.3, -0.25) is 4.90 Å². The molecule has 1 aromatic carbocycles. The Hall–Kier alpha value is -1.21. The molecule has 1 heterocycles. The fourth-order valence-electron chi connectivity index (χ4n) is 1.41. The minimum Gasteiger partial charge on any atom is -0.381 e. The van der Waals surface area contributed by atoms with Crippen molar-refractivity contribution in [3.8, 4) is 6.19 Å². The molecule has 0 fully saturated rings. The fourth-order valence-corrected chi connectivity index (χ4v) is 1.77. The van der Waals surface area contributed by atoms with Crippen LogP contribution in [0.1, 0.15) is 0 Å². The van der Waals surface area contributed by atoms with Crippen LogP contribution in [0.25, 0.3) is 0 Å². The van der Waals surface area contributed by atoms with Crippen LogP contribution in [-0.4, -0.2) is 13.1 Å². The van der Waals surface area contributed by atoms with Crippen LogP contribution in [0.4, 0.5) is 11.4 Å². The maximum atomic E-state index is 8.84. The Morgan fingerprint density at radius 1 is 1.54 bits per heavy atom. The van der Waals surface area contributed by atoms with Gasteiger partial charge in [-0.05, 0) is 18.2 Å². The molecule has 2 rings (SSSR count). The first kappa shape index (κ1) is 8.39. The van der Waals surface area contributed by atoms with E-state index in [9.17, 15) is 0 Å². The first-order chi connectivity index (χ1) is 6.31. The number of fused-ring (bicyclic) bond motifs is 1. The number of nitrogens with one attached hydrogen (secondary N) is 1. The van der Waals surface area contributed by atoms with Crippen molar-refractivity contribution in [1.82, 2.24) is 0 Å². The molecule has 1 N–H and O–H groups in total. The molecule has 0 amide bonds. The molecule has 4 heteroatoms. The van der Waals surface area contributed by atoms with Gasteiger partial charge in [0.05, 0.1) is 17.9 Å². The molecule has 0 aliphatic carbocycles. The summed E-state index contributed by atoms with van der Waals surface area (Å²) in [6.07, 6.45) is 2.16. The van der Waals surface area contributed by atoms with Crippen molar-refractivity contribution < 1.29 is 0 Å². The van der Waals surface area contributed by atoms with Gasteiger partial charge >= 0.3 is 0 Å². The summed E-state index contributed by atoms with van der Waals surface area (Å²) < 4.78 is 1.03. The molecule has 0 radical (unpaired) electrons. The Balaban J connectivity index is 2.47. The van der Waals surface area contributed by atoms with Crippen LogP contribution in [-0.2, 0) is 0 Å². The van der Waals surface area contributed by atoms with Crippen LogP contribution in [0.2, 0.25) is 0 Å². The molecule has 3 nitrogen and oxygen atoms in total. The molecule has 1 aliphatic heterocycles. The summed E-state index contributed by atoms with van der Waals surface area (Å²) in [4.78, 5) is 1.69. The lowest BCUT2D eigenvalue weighted by atomic mass is 10.2. The van der Waals surface area contributed by atoms with Crippen LogP contribution in [0, 0.1) is 11.5 Å². The van der Waals surface area contributed by atoms with Gasteiger partial charge in [0.25, 0.3) is 0 Å². The van der Waals surface area contributed by atoms with Crippen molar-refractivity contribution in [2.75, 3.05) is 23.3 Å². The molecule has 1 aliphatic rings. The lowest BCUT2D eigenvalue weighted by Gasteiger charge is -2.25. The van der Waals surface area contributed by atoms with E-state index in [1.165, 1.54) is 0 Å². The van der Waals surface area contributed by atoms with Crippen molar-refractivity contribution in [1.29, 1.82) is 5.26 Å². The van der Waals surface area contributed by atoms with Crippen molar-refractivity contribution in [2.45, 2.75) is 0 Å². The first-order valence-corrected chi connectivity index (χ1v) is 4.81. The summed E-state index contributed by atoms with van der Waals surface area (Å²) in [5.41, 5.74) is 1.97. The third-order valence-corrected chi connectivity index (χ3v) is 2.51. The molecule has 0 aromatic heterocycles. The van der Waals surface area contributed by atoms with Crippen LogP contribution in [0.5, 0.6) is 0 Å². The molecule has 0 unspecified atom stereocenters. The average molecular weight is 238 g/mol. The monoisotopic (exact) mass is 237 g/mol. The number of nitriles is 1. The van der Waals surface area contributed by atoms with Crippen LogP contribution in [0.15, 0.2) is 22.7 Å². The minimum absolute atomic E-state index is 0.741. The summed E-state index contributed by atoms with van der Waals surface area (Å²) >= 11 is 3.39. The van der Waals surface area contributed by atoms with Crippen molar-refractivity contribution in [3.05, 3.63) is 22.7 Å². The highest BCUT2D eigenvalue weighted by molar-refractivity contribution is 9.10.